The molecule has 1 heterocycles. The van der Waals surface area contributed by atoms with Crippen LogP contribution in [0.3, 0.4) is 0 Å². The summed E-state index contributed by atoms with van der Waals surface area (Å²) in [4.78, 5) is 19.1. The Morgan fingerprint density at radius 2 is 1.68 bits per heavy atom. The molecule has 31 heavy (non-hydrogen) atoms. The van der Waals surface area contributed by atoms with Crippen LogP contribution in [0.4, 0.5) is 0 Å². The van der Waals surface area contributed by atoms with E-state index in [-0.39, 0.29) is 5.91 Å². The van der Waals surface area contributed by atoms with E-state index in [4.69, 9.17) is 4.99 Å². The number of benzene rings is 2. The molecule has 1 saturated heterocycles. The summed E-state index contributed by atoms with van der Waals surface area (Å²) in [6.45, 7) is 8.18. The predicted octanol–water partition coefficient (Wildman–Crippen LogP) is 3.44. The van der Waals surface area contributed by atoms with Gasteiger partial charge >= 0.3 is 0 Å². The van der Waals surface area contributed by atoms with Crippen LogP contribution < -0.4 is 10.6 Å². The molecule has 2 aromatic carbocycles. The number of hydrogen-bond acceptors (Lipinski definition) is 2. The highest BCUT2D eigenvalue weighted by Gasteiger charge is 2.28. The van der Waals surface area contributed by atoms with E-state index < -0.39 is 0 Å². The maximum absolute atomic E-state index is 12.4. The van der Waals surface area contributed by atoms with Crippen molar-refractivity contribution in [2.45, 2.75) is 39.5 Å². The van der Waals surface area contributed by atoms with Gasteiger partial charge in [-0.2, -0.15) is 0 Å². The Labute approximate surface area is 187 Å². The van der Waals surface area contributed by atoms with Crippen LogP contribution in [0.15, 0.2) is 59.6 Å². The summed E-state index contributed by atoms with van der Waals surface area (Å²) in [5, 5.41) is 6.75. The Balaban J connectivity index is 1.44. The van der Waals surface area contributed by atoms with Crippen LogP contribution in [-0.4, -0.2) is 49.5 Å². The highest BCUT2D eigenvalue weighted by molar-refractivity contribution is 5.80. The number of hydrogen-bond donors (Lipinski definition) is 2. The van der Waals surface area contributed by atoms with Crippen LogP contribution in [0.25, 0.3) is 0 Å². The van der Waals surface area contributed by atoms with Crippen LogP contribution in [0.1, 0.15) is 37.0 Å². The van der Waals surface area contributed by atoms with E-state index in [1.54, 1.807) is 0 Å². The van der Waals surface area contributed by atoms with Gasteiger partial charge in [0.05, 0.1) is 0 Å². The lowest BCUT2D eigenvalue weighted by Crippen LogP contribution is -2.38. The fourth-order valence-electron chi connectivity index (χ4n) is 3.93. The predicted molar refractivity (Wildman–Crippen MR) is 128 cm³/mol. The van der Waals surface area contributed by atoms with Gasteiger partial charge in [-0.25, -0.2) is 0 Å². The molecule has 2 aromatic rings. The van der Waals surface area contributed by atoms with E-state index in [1.165, 1.54) is 16.7 Å². The first-order chi connectivity index (χ1) is 15.2. The summed E-state index contributed by atoms with van der Waals surface area (Å²) in [5.74, 6) is 1.38. The minimum absolute atomic E-state index is 0.254. The molecule has 1 amide bonds. The van der Waals surface area contributed by atoms with E-state index in [0.717, 1.165) is 51.4 Å². The molecule has 1 aliphatic rings. The third-order valence-corrected chi connectivity index (χ3v) is 5.80. The number of amides is 1. The van der Waals surface area contributed by atoms with E-state index in [1.807, 2.05) is 23.1 Å². The zero-order chi connectivity index (χ0) is 21.9. The molecule has 1 aliphatic heterocycles. The standard InChI is InChI=1S/C26H36N4O/c1-3-21-10-12-23(13-11-21)14-16-28-26(27-4-2)29-19-24-18-25(31)30(20-24)17-15-22-8-6-5-7-9-22/h5-13,24H,3-4,14-20H2,1-2H3,(H2,27,28,29). The van der Waals surface area contributed by atoms with Gasteiger partial charge in [-0.15, -0.1) is 0 Å². The molecule has 0 spiro atoms. The number of aryl methyl sites for hydroxylation is 1. The zero-order valence-corrected chi connectivity index (χ0v) is 18.9. The third kappa shape index (κ3) is 7.42. The van der Waals surface area contributed by atoms with Gasteiger partial charge < -0.3 is 15.5 Å². The van der Waals surface area contributed by atoms with E-state index in [0.29, 0.717) is 18.9 Å². The Hall–Kier alpha value is -2.82. The van der Waals surface area contributed by atoms with Gasteiger partial charge in [0, 0.05) is 45.1 Å². The highest BCUT2D eigenvalue weighted by atomic mass is 16.2. The van der Waals surface area contributed by atoms with Gasteiger partial charge in [-0.05, 0) is 42.9 Å². The highest BCUT2D eigenvalue weighted by Crippen LogP contribution is 2.18. The number of likely N-dealkylation sites (tertiary alicyclic amines) is 1. The normalized spacial score (nSPS) is 16.6. The average molecular weight is 421 g/mol. The van der Waals surface area contributed by atoms with Crippen LogP contribution in [0.2, 0.25) is 0 Å². The number of carbonyl (C=O) groups excluding carboxylic acids is 1. The van der Waals surface area contributed by atoms with Gasteiger partial charge in [0.1, 0.15) is 0 Å². The minimum atomic E-state index is 0.254. The van der Waals surface area contributed by atoms with Gasteiger partial charge in [0.25, 0.3) is 0 Å². The fourth-order valence-corrected chi connectivity index (χ4v) is 3.93. The molecule has 2 N–H and O–H groups in total. The van der Waals surface area contributed by atoms with Crippen molar-refractivity contribution >= 4 is 11.9 Å². The van der Waals surface area contributed by atoms with Crippen LogP contribution in [-0.2, 0) is 24.1 Å². The first-order valence-electron chi connectivity index (χ1n) is 11.6. The monoisotopic (exact) mass is 420 g/mol. The van der Waals surface area contributed by atoms with Crippen molar-refractivity contribution in [1.29, 1.82) is 0 Å². The third-order valence-electron chi connectivity index (χ3n) is 5.80. The topological polar surface area (TPSA) is 56.7 Å². The van der Waals surface area contributed by atoms with E-state index in [2.05, 4.69) is 60.9 Å². The van der Waals surface area contributed by atoms with Crippen molar-refractivity contribution in [3.8, 4) is 0 Å². The number of rotatable bonds is 10. The molecule has 0 radical (unpaired) electrons. The van der Waals surface area contributed by atoms with E-state index >= 15 is 0 Å². The van der Waals surface area contributed by atoms with Crippen molar-refractivity contribution < 1.29 is 4.79 Å². The molecule has 5 heteroatoms. The molecule has 3 rings (SSSR count). The zero-order valence-electron chi connectivity index (χ0n) is 18.9. The molecule has 0 saturated carbocycles. The molecule has 1 atom stereocenters. The Bertz CT molecular complexity index is 832. The fraction of sp³-hybridized carbons (Fsp3) is 0.462. The summed E-state index contributed by atoms with van der Waals surface area (Å²) in [5.41, 5.74) is 3.98. The second-order valence-electron chi connectivity index (χ2n) is 8.21. The smallest absolute Gasteiger partial charge is 0.223 e. The van der Waals surface area contributed by atoms with Crippen LogP contribution in [0.5, 0.6) is 0 Å². The molecule has 0 aliphatic carbocycles. The summed E-state index contributed by atoms with van der Waals surface area (Å²) in [6.07, 6.45) is 3.54. The number of nitrogens with zero attached hydrogens (tertiary/aromatic N) is 2. The summed E-state index contributed by atoms with van der Waals surface area (Å²) in [6, 6.07) is 19.2. The van der Waals surface area contributed by atoms with Gasteiger partial charge in [0.15, 0.2) is 5.96 Å². The minimum Gasteiger partial charge on any atom is -0.357 e. The summed E-state index contributed by atoms with van der Waals surface area (Å²) < 4.78 is 0. The number of guanidine groups is 1. The van der Waals surface area contributed by atoms with Crippen LogP contribution >= 0.6 is 0 Å². The number of nitrogens with one attached hydrogen (secondary N) is 2. The molecular weight excluding hydrogens is 384 g/mol. The lowest BCUT2D eigenvalue weighted by molar-refractivity contribution is -0.127. The quantitative estimate of drug-likeness (QED) is 0.457. The van der Waals surface area contributed by atoms with Crippen molar-refractivity contribution in [1.82, 2.24) is 15.5 Å². The summed E-state index contributed by atoms with van der Waals surface area (Å²) in [7, 11) is 0. The second kappa shape index (κ2) is 12.1. The molecule has 5 nitrogen and oxygen atoms in total. The molecule has 166 valence electrons. The van der Waals surface area contributed by atoms with Crippen LogP contribution in [0, 0.1) is 5.92 Å². The molecule has 0 bridgehead atoms. The van der Waals surface area contributed by atoms with E-state index in [9.17, 15) is 4.79 Å². The number of aliphatic imine (C=N–C) groups is 1. The van der Waals surface area contributed by atoms with Gasteiger partial charge in [0.2, 0.25) is 5.91 Å². The van der Waals surface area contributed by atoms with Gasteiger partial charge in [-0.1, -0.05) is 61.5 Å². The maximum Gasteiger partial charge on any atom is 0.223 e. The molecule has 1 fully saturated rings. The first kappa shape index (κ1) is 22.9. The molecular formula is C26H36N4O. The lowest BCUT2D eigenvalue weighted by atomic mass is 10.1. The average Bonchev–Trinajstić information content (AvgIpc) is 3.16. The number of carbonyl (C=O) groups is 1. The lowest BCUT2D eigenvalue weighted by Gasteiger charge is -2.16. The first-order valence-corrected chi connectivity index (χ1v) is 11.6. The second-order valence-corrected chi connectivity index (χ2v) is 8.21. The molecule has 1 unspecified atom stereocenters. The Morgan fingerprint density at radius 3 is 2.39 bits per heavy atom. The maximum atomic E-state index is 12.4. The Morgan fingerprint density at radius 1 is 0.968 bits per heavy atom. The summed E-state index contributed by atoms with van der Waals surface area (Å²) >= 11 is 0. The SMILES string of the molecule is CCNC(=NCC1CC(=O)N(CCc2ccccc2)C1)NCCc1ccc(CC)cc1. The largest absolute Gasteiger partial charge is 0.357 e. The van der Waals surface area contributed by atoms with Crippen molar-refractivity contribution in [3.63, 3.8) is 0 Å². The van der Waals surface area contributed by atoms with Crippen molar-refractivity contribution in [3.05, 3.63) is 71.3 Å². The van der Waals surface area contributed by atoms with Crippen molar-refractivity contribution in [2.75, 3.05) is 32.7 Å². The Kier molecular flexibility index (Phi) is 8.95. The molecule has 0 aromatic heterocycles. The van der Waals surface area contributed by atoms with Gasteiger partial charge in [-0.3, -0.25) is 9.79 Å². The van der Waals surface area contributed by atoms with Crippen molar-refractivity contribution in [2.24, 2.45) is 10.9 Å².